The molecule has 0 aliphatic rings. The Hall–Kier alpha value is -0.530. The van der Waals surface area contributed by atoms with Gasteiger partial charge in [-0.3, -0.25) is 0 Å². The monoisotopic (exact) mass is 197 g/mol. The molecule has 0 amide bonds. The van der Waals surface area contributed by atoms with E-state index in [4.69, 9.17) is 17.3 Å². The van der Waals surface area contributed by atoms with Gasteiger partial charge in [0, 0.05) is 11.9 Å². The third kappa shape index (κ3) is 2.04. The maximum absolute atomic E-state index is 5.88. The molecule has 0 heterocycles. The predicted octanol–water partition coefficient (Wildman–Crippen LogP) is 2.85. The van der Waals surface area contributed by atoms with Gasteiger partial charge in [-0.25, -0.2) is 0 Å². The van der Waals surface area contributed by atoms with Crippen molar-refractivity contribution in [2.45, 2.75) is 26.8 Å². The van der Waals surface area contributed by atoms with E-state index in [1.165, 1.54) is 16.7 Å². The van der Waals surface area contributed by atoms with Crippen molar-refractivity contribution in [2.75, 3.05) is 5.88 Å². The average Bonchev–Trinajstić information content (AvgIpc) is 2.13. The highest BCUT2D eigenvalue weighted by molar-refractivity contribution is 6.18. The summed E-state index contributed by atoms with van der Waals surface area (Å²) in [6, 6.07) is 4.13. The first-order valence-electron chi connectivity index (χ1n) is 4.46. The molecule has 1 rings (SSSR count). The van der Waals surface area contributed by atoms with Gasteiger partial charge in [-0.1, -0.05) is 12.1 Å². The molecule has 0 radical (unpaired) electrons. The fourth-order valence-corrected chi connectivity index (χ4v) is 1.63. The second kappa shape index (κ2) is 4.12. The summed E-state index contributed by atoms with van der Waals surface area (Å²) in [5.41, 5.74) is 10.9. The Balaban J connectivity index is 3.18. The van der Waals surface area contributed by atoms with Gasteiger partial charge >= 0.3 is 0 Å². The van der Waals surface area contributed by atoms with E-state index < -0.39 is 0 Å². The molecule has 0 aliphatic carbocycles. The van der Waals surface area contributed by atoms with Gasteiger partial charge in [0.1, 0.15) is 0 Å². The quantitative estimate of drug-likeness (QED) is 0.725. The fraction of sp³-hybridized carbons (Fsp3) is 0.455. The van der Waals surface area contributed by atoms with E-state index in [1.54, 1.807) is 0 Å². The Bertz CT molecular complexity index is 307. The molecule has 0 saturated carbocycles. The van der Waals surface area contributed by atoms with Crippen LogP contribution in [-0.4, -0.2) is 5.88 Å². The molecule has 0 saturated heterocycles. The molecule has 1 atom stereocenters. The van der Waals surface area contributed by atoms with Crippen molar-refractivity contribution in [3.8, 4) is 0 Å². The summed E-state index contributed by atoms with van der Waals surface area (Å²) in [5, 5.41) is 0. The molecule has 1 nitrogen and oxygen atoms in total. The zero-order valence-corrected chi connectivity index (χ0v) is 9.15. The Morgan fingerprint density at radius 1 is 1.23 bits per heavy atom. The minimum Gasteiger partial charge on any atom is -0.323 e. The van der Waals surface area contributed by atoms with E-state index in [2.05, 4.69) is 32.9 Å². The highest BCUT2D eigenvalue weighted by atomic mass is 35.5. The number of nitrogens with two attached hydrogens (primary N) is 1. The Kier molecular flexibility index (Phi) is 3.34. The minimum atomic E-state index is -0.0408. The molecule has 2 N–H and O–H groups in total. The number of hydrogen-bond acceptors (Lipinski definition) is 1. The number of halogens is 1. The SMILES string of the molecule is Cc1ccc(C(N)CCl)c(C)c1C. The summed E-state index contributed by atoms with van der Waals surface area (Å²) in [7, 11) is 0. The van der Waals surface area contributed by atoms with Gasteiger partial charge in [-0.2, -0.15) is 0 Å². The zero-order chi connectivity index (χ0) is 10.0. The normalized spacial score (nSPS) is 13.0. The van der Waals surface area contributed by atoms with Crippen molar-refractivity contribution >= 4 is 11.6 Å². The number of alkyl halides is 1. The summed E-state index contributed by atoms with van der Waals surface area (Å²) in [6.45, 7) is 6.33. The van der Waals surface area contributed by atoms with Crippen LogP contribution in [0.3, 0.4) is 0 Å². The molecule has 1 aromatic rings. The standard InChI is InChI=1S/C11H16ClN/c1-7-4-5-10(11(13)6-12)9(3)8(7)2/h4-5,11H,6,13H2,1-3H3. The molecular weight excluding hydrogens is 182 g/mol. The lowest BCUT2D eigenvalue weighted by molar-refractivity contribution is 0.815. The number of aryl methyl sites for hydroxylation is 1. The van der Waals surface area contributed by atoms with Crippen LogP contribution in [0, 0.1) is 20.8 Å². The van der Waals surface area contributed by atoms with Crippen molar-refractivity contribution in [1.82, 2.24) is 0 Å². The Morgan fingerprint density at radius 2 is 1.85 bits per heavy atom. The van der Waals surface area contributed by atoms with Gasteiger partial charge in [0.2, 0.25) is 0 Å². The molecule has 0 spiro atoms. The van der Waals surface area contributed by atoms with E-state index in [9.17, 15) is 0 Å². The molecule has 0 aromatic heterocycles. The molecule has 13 heavy (non-hydrogen) atoms. The van der Waals surface area contributed by atoms with Gasteiger partial charge < -0.3 is 5.73 Å². The Labute approximate surface area is 84.9 Å². The molecule has 1 unspecified atom stereocenters. The second-order valence-electron chi connectivity index (χ2n) is 3.48. The van der Waals surface area contributed by atoms with Gasteiger partial charge in [0.05, 0.1) is 0 Å². The lowest BCUT2D eigenvalue weighted by atomic mass is 9.95. The third-order valence-corrected chi connectivity index (χ3v) is 3.00. The van der Waals surface area contributed by atoms with Crippen LogP contribution >= 0.6 is 11.6 Å². The number of benzene rings is 1. The lowest BCUT2D eigenvalue weighted by Gasteiger charge is -2.15. The summed E-state index contributed by atoms with van der Waals surface area (Å²) in [4.78, 5) is 0. The third-order valence-electron chi connectivity index (χ3n) is 2.67. The first-order chi connectivity index (χ1) is 6.07. The smallest absolute Gasteiger partial charge is 0.0435 e. The molecule has 0 fully saturated rings. The molecule has 0 bridgehead atoms. The molecular formula is C11H16ClN. The summed E-state index contributed by atoms with van der Waals surface area (Å²) < 4.78 is 0. The second-order valence-corrected chi connectivity index (χ2v) is 3.79. The van der Waals surface area contributed by atoms with E-state index in [0.29, 0.717) is 5.88 Å². The topological polar surface area (TPSA) is 26.0 Å². The maximum atomic E-state index is 5.88. The maximum Gasteiger partial charge on any atom is 0.0435 e. The van der Waals surface area contributed by atoms with E-state index in [-0.39, 0.29) is 6.04 Å². The molecule has 2 heteroatoms. The van der Waals surface area contributed by atoms with Gasteiger partial charge in [-0.05, 0) is 43.0 Å². The predicted molar refractivity (Wildman–Crippen MR) is 58.3 cm³/mol. The van der Waals surface area contributed by atoms with Gasteiger partial charge in [0.25, 0.3) is 0 Å². The lowest BCUT2D eigenvalue weighted by Crippen LogP contribution is -2.13. The summed E-state index contributed by atoms with van der Waals surface area (Å²) in [6.07, 6.45) is 0. The zero-order valence-electron chi connectivity index (χ0n) is 8.39. The van der Waals surface area contributed by atoms with E-state index in [1.807, 2.05) is 0 Å². The molecule has 1 aromatic carbocycles. The van der Waals surface area contributed by atoms with Crippen LogP contribution < -0.4 is 5.73 Å². The highest BCUT2D eigenvalue weighted by Crippen LogP contribution is 2.22. The highest BCUT2D eigenvalue weighted by Gasteiger charge is 2.09. The first-order valence-corrected chi connectivity index (χ1v) is 4.99. The summed E-state index contributed by atoms with van der Waals surface area (Å²) in [5.74, 6) is 0.476. The fourth-order valence-electron chi connectivity index (χ4n) is 1.46. The van der Waals surface area contributed by atoms with Crippen LogP contribution in [0.5, 0.6) is 0 Å². The van der Waals surface area contributed by atoms with Crippen molar-refractivity contribution in [3.05, 3.63) is 34.4 Å². The summed E-state index contributed by atoms with van der Waals surface area (Å²) >= 11 is 5.73. The number of rotatable bonds is 2. The van der Waals surface area contributed by atoms with Crippen LogP contribution in [0.4, 0.5) is 0 Å². The van der Waals surface area contributed by atoms with Crippen molar-refractivity contribution in [2.24, 2.45) is 5.73 Å². The largest absolute Gasteiger partial charge is 0.323 e. The average molecular weight is 198 g/mol. The van der Waals surface area contributed by atoms with Crippen LogP contribution in [-0.2, 0) is 0 Å². The number of hydrogen-bond donors (Lipinski definition) is 1. The van der Waals surface area contributed by atoms with Crippen LogP contribution in [0.15, 0.2) is 12.1 Å². The van der Waals surface area contributed by atoms with Crippen LogP contribution in [0.25, 0.3) is 0 Å². The van der Waals surface area contributed by atoms with Crippen molar-refractivity contribution in [1.29, 1.82) is 0 Å². The Morgan fingerprint density at radius 3 is 2.38 bits per heavy atom. The van der Waals surface area contributed by atoms with Crippen molar-refractivity contribution in [3.63, 3.8) is 0 Å². The first kappa shape index (κ1) is 10.6. The van der Waals surface area contributed by atoms with Crippen LogP contribution in [0.2, 0.25) is 0 Å². The van der Waals surface area contributed by atoms with E-state index >= 15 is 0 Å². The van der Waals surface area contributed by atoms with Gasteiger partial charge in [0.15, 0.2) is 0 Å². The molecule has 0 aliphatic heterocycles. The van der Waals surface area contributed by atoms with Crippen molar-refractivity contribution < 1.29 is 0 Å². The molecule has 72 valence electrons. The van der Waals surface area contributed by atoms with Crippen LogP contribution in [0.1, 0.15) is 28.3 Å². The van der Waals surface area contributed by atoms with Gasteiger partial charge in [-0.15, -0.1) is 11.6 Å². The van der Waals surface area contributed by atoms with E-state index in [0.717, 1.165) is 5.56 Å². The minimum absolute atomic E-state index is 0.0408.